The molecule has 1 saturated carbocycles. The topological polar surface area (TPSA) is 107 Å². The van der Waals surface area contributed by atoms with Crippen molar-refractivity contribution in [1.82, 2.24) is 24.4 Å². The lowest BCUT2D eigenvalue weighted by Gasteiger charge is -2.32. The minimum absolute atomic E-state index is 0.0175. The number of aryl methyl sites for hydroxylation is 1. The van der Waals surface area contributed by atoms with Crippen LogP contribution in [0.25, 0.3) is 27.8 Å². The number of nitrogens with zero attached hydrogens (tertiary/aromatic N) is 4. The maximum absolute atomic E-state index is 15.6. The molecule has 3 aliphatic rings. The number of rotatable bonds is 7. The summed E-state index contributed by atoms with van der Waals surface area (Å²) >= 11 is 0. The Balaban J connectivity index is 1.28. The van der Waals surface area contributed by atoms with Gasteiger partial charge in [0.25, 0.3) is 5.91 Å². The maximum Gasteiger partial charge on any atom is 0.255 e. The van der Waals surface area contributed by atoms with Crippen molar-refractivity contribution in [3.8, 4) is 17.1 Å². The lowest BCUT2D eigenvalue weighted by molar-refractivity contribution is -0.119. The number of para-hydroxylation sites is 1. The molecule has 0 unspecified atom stereocenters. The van der Waals surface area contributed by atoms with E-state index in [4.69, 9.17) is 15.6 Å². The van der Waals surface area contributed by atoms with Crippen molar-refractivity contribution in [3.05, 3.63) is 53.5 Å². The Morgan fingerprint density at radius 3 is 2.76 bits per heavy atom. The summed E-state index contributed by atoms with van der Waals surface area (Å²) < 4.78 is 39.6. The first-order valence-corrected chi connectivity index (χ1v) is 14.7. The number of ether oxygens (including phenoxy) is 1. The lowest BCUT2D eigenvalue weighted by atomic mass is 10.0. The second-order valence-electron chi connectivity index (χ2n) is 12.0. The molecule has 5 heterocycles. The van der Waals surface area contributed by atoms with Gasteiger partial charge in [0.05, 0.1) is 29.4 Å². The molecule has 2 saturated heterocycles. The molecular weight excluding hydrogens is 542 g/mol. The van der Waals surface area contributed by atoms with E-state index >= 15 is 4.39 Å². The molecule has 1 aliphatic carbocycles. The van der Waals surface area contributed by atoms with Gasteiger partial charge in [0, 0.05) is 42.7 Å². The van der Waals surface area contributed by atoms with Crippen LogP contribution in [0.5, 0.6) is 5.75 Å². The fourth-order valence-corrected chi connectivity index (χ4v) is 6.40. The van der Waals surface area contributed by atoms with Crippen LogP contribution in [0.4, 0.5) is 8.78 Å². The Morgan fingerprint density at radius 1 is 1.19 bits per heavy atom. The van der Waals surface area contributed by atoms with Gasteiger partial charge in [0.15, 0.2) is 0 Å². The number of halogens is 2. The molecule has 0 spiro atoms. The fourth-order valence-electron chi connectivity index (χ4n) is 6.40. The smallest absolute Gasteiger partial charge is 0.255 e. The number of carbonyl (C=O) groups is 2. The number of likely N-dealkylation sites (tertiary alicyclic amines) is 1. The van der Waals surface area contributed by atoms with Gasteiger partial charge >= 0.3 is 0 Å². The Kier molecular flexibility index (Phi) is 6.64. The van der Waals surface area contributed by atoms with Crippen LogP contribution in [0.3, 0.4) is 0 Å². The number of alkyl halides is 1. The largest absolute Gasteiger partial charge is 0.489 e. The van der Waals surface area contributed by atoms with E-state index in [1.54, 1.807) is 0 Å². The van der Waals surface area contributed by atoms with Gasteiger partial charge in [-0.15, -0.1) is 0 Å². The molecule has 220 valence electrons. The molecule has 4 aromatic rings. The van der Waals surface area contributed by atoms with Crippen molar-refractivity contribution in [3.63, 3.8) is 0 Å². The number of hydrogen-bond donors (Lipinski definition) is 2. The summed E-state index contributed by atoms with van der Waals surface area (Å²) in [6.07, 6.45) is 4.06. The molecule has 3 fully saturated rings. The van der Waals surface area contributed by atoms with E-state index < -0.39 is 23.9 Å². The monoisotopic (exact) mass is 576 g/mol. The number of piperidine rings is 1. The molecule has 0 radical (unpaired) electrons. The average molecular weight is 577 g/mol. The molecule has 42 heavy (non-hydrogen) atoms. The predicted molar refractivity (Wildman–Crippen MR) is 154 cm³/mol. The summed E-state index contributed by atoms with van der Waals surface area (Å²) in [6.45, 7) is 3.15. The average Bonchev–Trinajstić information content (AvgIpc) is 3.41. The summed E-state index contributed by atoms with van der Waals surface area (Å²) in [7, 11) is 0. The number of fused-ring (bicyclic) bond motifs is 2. The Hall–Kier alpha value is -3.99. The highest BCUT2D eigenvalue weighted by atomic mass is 19.1. The van der Waals surface area contributed by atoms with E-state index in [-0.39, 0.29) is 42.5 Å². The fraction of sp³-hybridized carbons (Fsp3) is 0.452. The highest BCUT2D eigenvalue weighted by molar-refractivity contribution is 5.95. The molecule has 7 rings (SSSR count). The first-order valence-electron chi connectivity index (χ1n) is 14.7. The lowest BCUT2D eigenvalue weighted by Crippen LogP contribution is -2.50. The summed E-state index contributed by atoms with van der Waals surface area (Å²) in [5, 5.41) is 8.72. The number of carbonyl (C=O) groups excluding carboxylic acids is 2. The molecule has 3 atom stereocenters. The highest BCUT2D eigenvalue weighted by Crippen LogP contribution is 2.40. The molecule has 11 heteroatoms. The number of benzene rings is 1. The van der Waals surface area contributed by atoms with Crippen molar-refractivity contribution in [2.75, 3.05) is 19.7 Å². The van der Waals surface area contributed by atoms with E-state index in [0.29, 0.717) is 30.2 Å². The third-order valence-electron chi connectivity index (χ3n) is 8.67. The number of hydrogen-bond acceptors (Lipinski definition) is 5. The molecule has 0 bridgehead atoms. The Morgan fingerprint density at radius 2 is 2.02 bits per heavy atom. The van der Waals surface area contributed by atoms with Crippen molar-refractivity contribution in [1.29, 1.82) is 0 Å². The third kappa shape index (κ3) is 4.89. The molecule has 9 nitrogen and oxygen atoms in total. The molecule has 2 aliphatic heterocycles. The van der Waals surface area contributed by atoms with Crippen molar-refractivity contribution < 1.29 is 23.1 Å². The van der Waals surface area contributed by atoms with Crippen LogP contribution in [0, 0.1) is 18.7 Å². The number of aromatic nitrogens is 3. The minimum atomic E-state index is -1.20. The number of nitrogens with two attached hydrogens (primary N) is 1. The number of amides is 2. The van der Waals surface area contributed by atoms with Gasteiger partial charge in [-0.25, -0.2) is 13.3 Å². The molecule has 2 amide bonds. The summed E-state index contributed by atoms with van der Waals surface area (Å²) in [5.41, 5.74) is 9.39. The molecule has 3 aromatic heterocycles. The normalized spacial score (nSPS) is 22.7. The first kappa shape index (κ1) is 26.9. The number of nitrogens with one attached hydrogen (secondary N) is 1. The van der Waals surface area contributed by atoms with Crippen LogP contribution < -0.4 is 15.8 Å². The second-order valence-corrected chi connectivity index (χ2v) is 12.0. The number of pyridine rings is 1. The van der Waals surface area contributed by atoms with Crippen LogP contribution >= 0.6 is 0 Å². The standard InChI is InChI=1S/C31H34F2N6O3/c1-17-28(36-39-13-20(9-24(33)29(17)39)31(41)37-14-21(32)11-22(34)15-37)25-10-19-3-2-4-26(30(19)38(25)12-18-5-6-18)42-16-23-7-8-27(40)35-23/h2-4,9-10,13,18,21-23H,5-8,11-12,14-16,34H2,1H3,(H,35,40)/t21-,22-,23+/m1/s1. The zero-order valence-corrected chi connectivity index (χ0v) is 23.5. The molecular formula is C31H34F2N6O3. The van der Waals surface area contributed by atoms with Crippen molar-refractivity contribution >= 4 is 28.2 Å². The van der Waals surface area contributed by atoms with E-state index in [2.05, 4.69) is 16.0 Å². The van der Waals surface area contributed by atoms with Gasteiger partial charge in [-0.3, -0.25) is 9.59 Å². The quantitative estimate of drug-likeness (QED) is 0.346. The van der Waals surface area contributed by atoms with Crippen molar-refractivity contribution in [2.24, 2.45) is 11.7 Å². The van der Waals surface area contributed by atoms with Gasteiger partial charge in [-0.05, 0) is 56.7 Å². The Bertz CT molecular complexity index is 1700. The van der Waals surface area contributed by atoms with E-state index in [1.807, 2.05) is 25.1 Å². The predicted octanol–water partition coefficient (Wildman–Crippen LogP) is 3.98. The highest BCUT2D eigenvalue weighted by Gasteiger charge is 2.31. The van der Waals surface area contributed by atoms with Gasteiger partial charge in [-0.1, -0.05) is 12.1 Å². The van der Waals surface area contributed by atoms with Gasteiger partial charge in [0.1, 0.15) is 35.6 Å². The van der Waals surface area contributed by atoms with Crippen LogP contribution in [-0.2, 0) is 11.3 Å². The Labute approximate surface area is 241 Å². The minimum Gasteiger partial charge on any atom is -0.489 e. The van der Waals surface area contributed by atoms with Crippen LogP contribution in [0.2, 0.25) is 0 Å². The SMILES string of the molecule is Cc1c(-c2cc3cccc(OC[C@@H]4CCC(=O)N4)c3n2CC2CC2)nn2cc(C(=O)N3C[C@H](N)C[C@@H](F)C3)cc(F)c12. The second kappa shape index (κ2) is 10.4. The summed E-state index contributed by atoms with van der Waals surface area (Å²) in [5.74, 6) is 0.280. The first-order chi connectivity index (χ1) is 20.2. The zero-order chi connectivity index (χ0) is 29.1. The molecule has 1 aromatic carbocycles. The third-order valence-corrected chi connectivity index (χ3v) is 8.67. The zero-order valence-electron chi connectivity index (χ0n) is 23.5. The summed E-state index contributed by atoms with van der Waals surface area (Å²) in [6, 6.07) is 8.69. The van der Waals surface area contributed by atoms with Crippen LogP contribution in [0.1, 0.15) is 48.0 Å². The van der Waals surface area contributed by atoms with Gasteiger partial charge < -0.3 is 25.3 Å². The van der Waals surface area contributed by atoms with Crippen LogP contribution in [0.15, 0.2) is 36.5 Å². The van der Waals surface area contributed by atoms with Crippen LogP contribution in [-0.4, -0.2) is 68.8 Å². The molecule has 3 N–H and O–H groups in total. The summed E-state index contributed by atoms with van der Waals surface area (Å²) in [4.78, 5) is 26.2. The van der Waals surface area contributed by atoms with Gasteiger partial charge in [-0.2, -0.15) is 5.10 Å². The van der Waals surface area contributed by atoms with E-state index in [0.717, 1.165) is 48.2 Å². The van der Waals surface area contributed by atoms with E-state index in [1.165, 1.54) is 21.7 Å². The maximum atomic E-state index is 15.6. The van der Waals surface area contributed by atoms with E-state index in [9.17, 15) is 14.0 Å². The van der Waals surface area contributed by atoms with Crippen molar-refractivity contribution in [2.45, 2.75) is 63.8 Å². The van der Waals surface area contributed by atoms with Gasteiger partial charge in [0.2, 0.25) is 5.91 Å².